The maximum Gasteiger partial charge on any atom is 0.407 e. The van der Waals surface area contributed by atoms with E-state index in [1.165, 1.54) is 7.11 Å². The monoisotopic (exact) mass is 286 g/mol. The van der Waals surface area contributed by atoms with Crippen molar-refractivity contribution in [2.24, 2.45) is 5.92 Å². The minimum atomic E-state index is -0.573. The molecule has 1 rings (SSSR count). The molecule has 0 aromatic carbocycles. The summed E-state index contributed by atoms with van der Waals surface area (Å²) in [5.41, 5.74) is -0.346. The molecule has 1 saturated heterocycles. The number of nitrogens with zero attached hydrogens (tertiary/aromatic N) is 1. The first-order valence-corrected chi connectivity index (χ1v) is 7.02. The molecule has 0 aliphatic carbocycles. The van der Waals surface area contributed by atoms with Crippen molar-refractivity contribution in [3.05, 3.63) is 0 Å². The predicted octanol–water partition coefficient (Wildman–Crippen LogP) is 1.39. The molecule has 116 valence electrons. The van der Waals surface area contributed by atoms with Crippen molar-refractivity contribution in [2.45, 2.75) is 45.8 Å². The van der Waals surface area contributed by atoms with Crippen LogP contribution in [0, 0.1) is 5.92 Å². The zero-order valence-corrected chi connectivity index (χ0v) is 13.1. The summed E-state index contributed by atoms with van der Waals surface area (Å²) in [4.78, 5) is 25.7. The molecule has 0 aromatic rings. The molecule has 1 fully saturated rings. The lowest BCUT2D eigenvalue weighted by molar-refractivity contribution is -0.148. The van der Waals surface area contributed by atoms with Gasteiger partial charge in [0.25, 0.3) is 0 Å². The number of amides is 2. The van der Waals surface area contributed by atoms with E-state index in [2.05, 4.69) is 10.1 Å². The molecular weight excluding hydrogens is 260 g/mol. The van der Waals surface area contributed by atoms with Gasteiger partial charge in [0.2, 0.25) is 5.91 Å². The van der Waals surface area contributed by atoms with Crippen LogP contribution in [0.4, 0.5) is 4.79 Å². The van der Waals surface area contributed by atoms with Crippen LogP contribution in [0.15, 0.2) is 0 Å². The van der Waals surface area contributed by atoms with Gasteiger partial charge < -0.3 is 19.7 Å². The van der Waals surface area contributed by atoms with Crippen LogP contribution in [0.25, 0.3) is 0 Å². The lowest BCUT2D eigenvalue weighted by Gasteiger charge is -2.39. The van der Waals surface area contributed by atoms with Gasteiger partial charge in [0.15, 0.2) is 0 Å². The molecule has 6 nitrogen and oxygen atoms in total. The number of nitrogens with one attached hydrogen (secondary N) is 1. The fourth-order valence-electron chi connectivity index (χ4n) is 2.32. The van der Waals surface area contributed by atoms with Gasteiger partial charge in [-0.1, -0.05) is 13.8 Å². The molecule has 0 saturated carbocycles. The number of ether oxygens (including phenoxy) is 2. The third-order valence-electron chi connectivity index (χ3n) is 3.22. The van der Waals surface area contributed by atoms with Crippen LogP contribution in [-0.2, 0) is 14.3 Å². The Hall–Kier alpha value is -1.30. The number of alkyl carbamates (subject to hydrolysis) is 1. The smallest absolute Gasteiger partial charge is 0.407 e. The zero-order chi connectivity index (χ0) is 15.3. The molecular formula is C14H26N2O4. The Morgan fingerprint density at radius 2 is 2.05 bits per heavy atom. The van der Waals surface area contributed by atoms with Gasteiger partial charge >= 0.3 is 6.09 Å². The molecule has 1 unspecified atom stereocenters. The van der Waals surface area contributed by atoms with Gasteiger partial charge in [-0.3, -0.25) is 4.79 Å². The summed E-state index contributed by atoms with van der Waals surface area (Å²) in [6, 6.07) is -0.545. The molecule has 0 aromatic heterocycles. The molecule has 1 aliphatic heterocycles. The Morgan fingerprint density at radius 3 is 2.55 bits per heavy atom. The molecule has 1 N–H and O–H groups in total. The summed E-state index contributed by atoms with van der Waals surface area (Å²) in [7, 11) is 1.30. The summed E-state index contributed by atoms with van der Waals surface area (Å²) in [5.74, 6) is 0.232. The normalized spacial score (nSPS) is 19.6. The first-order valence-electron chi connectivity index (χ1n) is 7.02. The summed E-state index contributed by atoms with van der Waals surface area (Å²) in [6.07, 6.45) is 0.0163. The van der Waals surface area contributed by atoms with E-state index in [1.54, 1.807) is 4.90 Å². The van der Waals surface area contributed by atoms with E-state index >= 15 is 0 Å². The number of hydrogen-bond donors (Lipinski definition) is 1. The summed E-state index contributed by atoms with van der Waals surface area (Å²) in [5, 5.41) is 2.63. The van der Waals surface area contributed by atoms with Crippen molar-refractivity contribution in [1.29, 1.82) is 0 Å². The van der Waals surface area contributed by atoms with Crippen molar-refractivity contribution >= 4 is 12.0 Å². The molecule has 0 bridgehead atoms. The number of carbonyl (C=O) groups excluding carboxylic acids is 2. The minimum absolute atomic E-state index is 0.0690. The summed E-state index contributed by atoms with van der Waals surface area (Å²) in [6.45, 7) is 9.55. The van der Waals surface area contributed by atoms with E-state index < -0.39 is 12.1 Å². The highest BCUT2D eigenvalue weighted by atomic mass is 16.5. The van der Waals surface area contributed by atoms with Crippen LogP contribution in [0.3, 0.4) is 0 Å². The third-order valence-corrected chi connectivity index (χ3v) is 3.22. The van der Waals surface area contributed by atoms with E-state index in [0.29, 0.717) is 32.0 Å². The lowest BCUT2D eigenvalue weighted by atomic mass is 10.0. The van der Waals surface area contributed by atoms with Crippen molar-refractivity contribution in [3.8, 4) is 0 Å². The SMILES string of the molecule is COC(=O)NC(CC(C)C)C(=O)N1CCOC(C)(C)C1. The van der Waals surface area contributed by atoms with Crippen LogP contribution in [0.5, 0.6) is 0 Å². The molecule has 1 atom stereocenters. The number of methoxy groups -OCH3 is 1. The van der Waals surface area contributed by atoms with Crippen molar-refractivity contribution in [1.82, 2.24) is 10.2 Å². The van der Waals surface area contributed by atoms with Crippen molar-refractivity contribution in [2.75, 3.05) is 26.8 Å². The fraction of sp³-hybridized carbons (Fsp3) is 0.857. The summed E-state index contributed by atoms with van der Waals surface area (Å²) < 4.78 is 10.2. The number of hydrogen-bond acceptors (Lipinski definition) is 4. The Kier molecular flexibility index (Phi) is 5.80. The fourth-order valence-corrected chi connectivity index (χ4v) is 2.32. The zero-order valence-electron chi connectivity index (χ0n) is 13.1. The maximum absolute atomic E-state index is 12.6. The van der Waals surface area contributed by atoms with Crippen LogP contribution in [0.1, 0.15) is 34.1 Å². The molecule has 0 radical (unpaired) electrons. The highest BCUT2D eigenvalue weighted by Crippen LogP contribution is 2.18. The largest absolute Gasteiger partial charge is 0.453 e. The van der Waals surface area contributed by atoms with Crippen LogP contribution in [-0.4, -0.2) is 55.3 Å². The van der Waals surface area contributed by atoms with Crippen molar-refractivity contribution < 1.29 is 19.1 Å². The predicted molar refractivity (Wildman–Crippen MR) is 75.4 cm³/mol. The van der Waals surface area contributed by atoms with E-state index in [0.717, 1.165) is 0 Å². The average Bonchev–Trinajstić information content (AvgIpc) is 2.35. The Morgan fingerprint density at radius 1 is 1.40 bits per heavy atom. The maximum atomic E-state index is 12.6. The second kappa shape index (κ2) is 6.92. The summed E-state index contributed by atoms with van der Waals surface area (Å²) >= 11 is 0. The van der Waals surface area contributed by atoms with Crippen LogP contribution < -0.4 is 5.32 Å². The molecule has 1 heterocycles. The first kappa shape index (κ1) is 16.8. The average molecular weight is 286 g/mol. The molecule has 6 heteroatoms. The van der Waals surface area contributed by atoms with Crippen LogP contribution in [0.2, 0.25) is 0 Å². The van der Waals surface area contributed by atoms with E-state index in [-0.39, 0.29) is 11.5 Å². The van der Waals surface area contributed by atoms with E-state index in [9.17, 15) is 9.59 Å². The topological polar surface area (TPSA) is 67.9 Å². The van der Waals surface area contributed by atoms with Gasteiger partial charge in [0, 0.05) is 13.1 Å². The van der Waals surface area contributed by atoms with Crippen molar-refractivity contribution in [3.63, 3.8) is 0 Å². The number of morpholine rings is 1. The van der Waals surface area contributed by atoms with Gasteiger partial charge in [-0.15, -0.1) is 0 Å². The van der Waals surface area contributed by atoms with Gasteiger partial charge in [-0.25, -0.2) is 4.79 Å². The third kappa shape index (κ3) is 5.00. The molecule has 1 aliphatic rings. The molecule has 2 amide bonds. The van der Waals surface area contributed by atoms with E-state index in [4.69, 9.17) is 4.74 Å². The van der Waals surface area contributed by atoms with Gasteiger partial charge in [0.05, 0.1) is 19.3 Å². The van der Waals surface area contributed by atoms with E-state index in [1.807, 2.05) is 27.7 Å². The standard InChI is InChI=1S/C14H26N2O4/c1-10(2)8-11(15-13(18)19-5)12(17)16-6-7-20-14(3,4)9-16/h10-11H,6-9H2,1-5H3,(H,15,18). The highest BCUT2D eigenvalue weighted by Gasteiger charge is 2.34. The first-order chi connectivity index (χ1) is 9.25. The van der Waals surface area contributed by atoms with Gasteiger partial charge in [-0.05, 0) is 26.2 Å². The molecule has 0 spiro atoms. The Balaban J connectivity index is 2.73. The Bertz CT molecular complexity index is 355. The number of rotatable bonds is 4. The number of carbonyl (C=O) groups is 2. The minimum Gasteiger partial charge on any atom is -0.453 e. The van der Waals surface area contributed by atoms with Crippen LogP contribution >= 0.6 is 0 Å². The quantitative estimate of drug-likeness (QED) is 0.848. The highest BCUT2D eigenvalue weighted by molar-refractivity contribution is 5.85. The Labute approximate surface area is 120 Å². The lowest BCUT2D eigenvalue weighted by Crippen LogP contribution is -2.56. The molecule has 20 heavy (non-hydrogen) atoms. The van der Waals surface area contributed by atoms with Gasteiger partial charge in [-0.2, -0.15) is 0 Å². The second-order valence-corrected chi connectivity index (χ2v) is 6.19. The van der Waals surface area contributed by atoms with Gasteiger partial charge in [0.1, 0.15) is 6.04 Å². The second-order valence-electron chi connectivity index (χ2n) is 6.19.